The molecule has 2 aromatic rings. The van der Waals surface area contributed by atoms with E-state index in [1.165, 1.54) is 0 Å². The molecule has 19 heavy (non-hydrogen) atoms. The summed E-state index contributed by atoms with van der Waals surface area (Å²) in [6.07, 6.45) is -0.318. The van der Waals surface area contributed by atoms with E-state index < -0.39 is 0 Å². The van der Waals surface area contributed by atoms with Gasteiger partial charge in [-0.1, -0.05) is 11.3 Å². The Labute approximate surface area is 116 Å². The molecule has 0 spiro atoms. The number of hydrogen-bond acceptors (Lipinski definition) is 6. The van der Waals surface area contributed by atoms with Gasteiger partial charge in [-0.15, -0.1) is 0 Å². The summed E-state index contributed by atoms with van der Waals surface area (Å²) in [5.74, 6) is 0. The Morgan fingerprint density at radius 2 is 2.11 bits per heavy atom. The maximum Gasteiger partial charge on any atom is 0.188 e. The van der Waals surface area contributed by atoms with Crippen LogP contribution in [0.25, 0.3) is 10.3 Å². The molecule has 0 aliphatic carbocycles. The number of fused-ring (bicyclic) bond motifs is 1. The number of anilines is 1. The summed E-state index contributed by atoms with van der Waals surface area (Å²) in [4.78, 5) is 8.90. The molecule has 104 valence electrons. The van der Waals surface area contributed by atoms with Crippen molar-refractivity contribution in [3.8, 4) is 0 Å². The molecular formula is C12H19N5OS. The van der Waals surface area contributed by atoms with Gasteiger partial charge in [0.15, 0.2) is 10.8 Å². The maximum absolute atomic E-state index is 10.1. The first-order valence-electron chi connectivity index (χ1n) is 6.37. The van der Waals surface area contributed by atoms with Gasteiger partial charge in [0.25, 0.3) is 0 Å². The fraction of sp³-hybridized carbons (Fsp3) is 0.667. The van der Waals surface area contributed by atoms with Crippen molar-refractivity contribution in [1.82, 2.24) is 19.7 Å². The number of rotatable bonds is 2. The van der Waals surface area contributed by atoms with Crippen molar-refractivity contribution in [3.05, 3.63) is 5.69 Å². The quantitative estimate of drug-likeness (QED) is 0.866. The summed E-state index contributed by atoms with van der Waals surface area (Å²) < 4.78 is 2.96. The molecule has 6 nitrogen and oxygen atoms in total. The van der Waals surface area contributed by atoms with Crippen LogP contribution in [0.3, 0.4) is 0 Å². The predicted octanol–water partition coefficient (Wildman–Crippen LogP) is 0.449. The third kappa shape index (κ3) is 2.01. The molecule has 7 heteroatoms. The van der Waals surface area contributed by atoms with Gasteiger partial charge in [-0.05, 0) is 21.0 Å². The van der Waals surface area contributed by atoms with Crippen molar-refractivity contribution < 1.29 is 5.11 Å². The Morgan fingerprint density at radius 1 is 1.37 bits per heavy atom. The summed E-state index contributed by atoms with van der Waals surface area (Å²) >= 11 is 1.66. The predicted molar refractivity (Wildman–Crippen MR) is 76.8 cm³/mol. The van der Waals surface area contributed by atoms with E-state index in [1.54, 1.807) is 11.3 Å². The van der Waals surface area contributed by atoms with Crippen LogP contribution < -0.4 is 4.90 Å². The van der Waals surface area contributed by atoms with Gasteiger partial charge in [0.2, 0.25) is 0 Å². The van der Waals surface area contributed by atoms with Crippen LogP contribution in [-0.2, 0) is 7.05 Å². The molecule has 1 aliphatic heterocycles. The molecule has 3 heterocycles. The van der Waals surface area contributed by atoms with Crippen molar-refractivity contribution in [3.63, 3.8) is 0 Å². The molecule has 2 aromatic heterocycles. The first kappa shape index (κ1) is 12.8. The zero-order chi connectivity index (χ0) is 13.7. The Kier molecular flexibility index (Phi) is 2.99. The smallest absolute Gasteiger partial charge is 0.188 e. The second kappa shape index (κ2) is 4.43. The average Bonchev–Trinajstić information content (AvgIpc) is 2.96. The Bertz CT molecular complexity index is 570. The largest absolute Gasteiger partial charge is 0.390 e. The molecule has 3 rings (SSSR count). The lowest BCUT2D eigenvalue weighted by Crippen LogP contribution is -2.37. The number of aliphatic hydroxyl groups excluding tert-OH is 1. The number of aliphatic hydroxyl groups is 1. The first-order valence-corrected chi connectivity index (χ1v) is 7.18. The van der Waals surface area contributed by atoms with Crippen LogP contribution >= 0.6 is 11.3 Å². The van der Waals surface area contributed by atoms with Crippen LogP contribution in [0.15, 0.2) is 0 Å². The number of β-amino-alcohol motifs (C(OH)–C–C–N with tert-alkyl or cyclic N) is 1. The van der Waals surface area contributed by atoms with Crippen LogP contribution in [0.1, 0.15) is 5.69 Å². The van der Waals surface area contributed by atoms with Crippen LogP contribution in [-0.4, -0.2) is 64.1 Å². The molecule has 0 saturated carbocycles. The number of nitrogens with zero attached hydrogens (tertiary/aromatic N) is 5. The topological polar surface area (TPSA) is 57.4 Å². The van der Waals surface area contributed by atoms with E-state index in [0.29, 0.717) is 6.54 Å². The molecule has 0 unspecified atom stereocenters. The highest BCUT2D eigenvalue weighted by atomic mass is 32.1. The summed E-state index contributed by atoms with van der Waals surface area (Å²) in [5.41, 5.74) is 1.95. The van der Waals surface area contributed by atoms with E-state index in [9.17, 15) is 5.11 Å². The highest BCUT2D eigenvalue weighted by Gasteiger charge is 2.34. The summed E-state index contributed by atoms with van der Waals surface area (Å²) in [6, 6.07) is 0.172. The number of hydrogen-bond donors (Lipinski definition) is 1. The number of aromatic nitrogens is 3. The first-order chi connectivity index (χ1) is 8.97. The molecule has 0 amide bonds. The second-order valence-corrected chi connectivity index (χ2v) is 6.34. The molecule has 0 bridgehead atoms. The minimum absolute atomic E-state index is 0.172. The third-order valence-corrected chi connectivity index (χ3v) is 4.94. The molecule has 1 saturated heterocycles. The van der Waals surface area contributed by atoms with E-state index in [4.69, 9.17) is 0 Å². The van der Waals surface area contributed by atoms with Gasteiger partial charge in [-0.25, -0.2) is 9.67 Å². The lowest BCUT2D eigenvalue weighted by Gasteiger charge is -2.21. The molecule has 0 aromatic carbocycles. The van der Waals surface area contributed by atoms with Crippen molar-refractivity contribution in [2.24, 2.45) is 7.05 Å². The minimum Gasteiger partial charge on any atom is -0.390 e. The standard InChI is InChI=1S/C12H19N5OS/c1-7-10-11(16(4)14-7)13-12(19-10)17-5-8(15(2)3)9(18)6-17/h8-9,18H,5-6H2,1-4H3/t8-,9-/m1/s1. The van der Waals surface area contributed by atoms with E-state index >= 15 is 0 Å². The van der Waals surface area contributed by atoms with Crippen molar-refractivity contribution >= 4 is 26.8 Å². The third-order valence-electron chi connectivity index (χ3n) is 3.73. The Hall–Kier alpha value is -1.18. The van der Waals surface area contributed by atoms with Crippen molar-refractivity contribution in [2.45, 2.75) is 19.1 Å². The van der Waals surface area contributed by atoms with Crippen LogP contribution in [0.2, 0.25) is 0 Å². The van der Waals surface area contributed by atoms with Gasteiger partial charge < -0.3 is 14.9 Å². The van der Waals surface area contributed by atoms with Gasteiger partial charge in [0.1, 0.15) is 0 Å². The van der Waals surface area contributed by atoms with Gasteiger partial charge in [-0.2, -0.15) is 5.10 Å². The zero-order valence-corrected chi connectivity index (χ0v) is 12.5. The number of thiazole rings is 1. The second-order valence-electron chi connectivity index (χ2n) is 5.36. The molecule has 1 fully saturated rings. The fourth-order valence-electron chi connectivity index (χ4n) is 2.64. The number of aryl methyl sites for hydroxylation is 2. The Morgan fingerprint density at radius 3 is 2.68 bits per heavy atom. The molecule has 2 atom stereocenters. The highest BCUT2D eigenvalue weighted by molar-refractivity contribution is 7.22. The molecule has 0 radical (unpaired) electrons. The molecule has 1 aliphatic rings. The van der Waals surface area contributed by atoms with Gasteiger partial charge in [-0.3, -0.25) is 0 Å². The lowest BCUT2D eigenvalue weighted by molar-refractivity contribution is 0.114. The fourth-order valence-corrected chi connectivity index (χ4v) is 3.69. The van der Waals surface area contributed by atoms with E-state index in [0.717, 1.165) is 27.7 Å². The Balaban J connectivity index is 1.91. The van der Waals surface area contributed by atoms with Crippen molar-refractivity contribution in [1.29, 1.82) is 0 Å². The monoisotopic (exact) mass is 281 g/mol. The van der Waals surface area contributed by atoms with Crippen molar-refractivity contribution in [2.75, 3.05) is 32.1 Å². The summed E-state index contributed by atoms with van der Waals surface area (Å²) in [6.45, 7) is 3.47. The van der Waals surface area contributed by atoms with Gasteiger partial charge in [0.05, 0.1) is 22.5 Å². The van der Waals surface area contributed by atoms with E-state index in [-0.39, 0.29) is 12.1 Å². The average molecular weight is 281 g/mol. The highest BCUT2D eigenvalue weighted by Crippen LogP contribution is 2.32. The normalized spacial score (nSPS) is 24.0. The van der Waals surface area contributed by atoms with Gasteiger partial charge >= 0.3 is 0 Å². The van der Waals surface area contributed by atoms with Crippen LogP contribution in [0.5, 0.6) is 0 Å². The lowest BCUT2D eigenvalue weighted by atomic mass is 10.2. The molecule has 1 N–H and O–H groups in total. The summed E-state index contributed by atoms with van der Waals surface area (Å²) in [5, 5.41) is 15.4. The SMILES string of the molecule is Cc1nn(C)c2nc(N3C[C@@H](O)[C@H](N(C)C)C3)sc12. The zero-order valence-electron chi connectivity index (χ0n) is 11.7. The minimum atomic E-state index is -0.318. The summed E-state index contributed by atoms with van der Waals surface area (Å²) in [7, 11) is 5.92. The van der Waals surface area contributed by atoms with Crippen LogP contribution in [0, 0.1) is 6.92 Å². The number of likely N-dealkylation sites (N-methyl/N-ethyl adjacent to an activating group) is 1. The van der Waals surface area contributed by atoms with E-state index in [1.807, 2.05) is 32.7 Å². The maximum atomic E-state index is 10.1. The van der Waals surface area contributed by atoms with Crippen LogP contribution in [0.4, 0.5) is 5.13 Å². The molecular weight excluding hydrogens is 262 g/mol. The van der Waals surface area contributed by atoms with E-state index in [2.05, 4.69) is 19.9 Å². The van der Waals surface area contributed by atoms with Gasteiger partial charge in [0, 0.05) is 20.1 Å².